The Morgan fingerprint density at radius 2 is 0.535 bits per heavy atom. The Morgan fingerprint density at radius 1 is 0.326 bits per heavy atom. The smallest absolute Gasteiger partial charge is 0.408 e. The quantitative estimate of drug-likeness (QED) is 0.00884. The Morgan fingerprint density at radius 3 is 0.757 bits per heavy atom. The Balaban J connectivity index is -0.00000192. The van der Waals surface area contributed by atoms with Crippen LogP contribution in [0.5, 0.6) is 0 Å². The van der Waals surface area contributed by atoms with Crippen molar-refractivity contribution < 1.29 is 140 Å². The number of Topliss-reactive ketones (excluding diaryl/α,β-unsaturated/α-hetero) is 5. The lowest BCUT2D eigenvalue weighted by Gasteiger charge is -2.35. The molecule has 18 N–H and O–H groups in total. The van der Waals surface area contributed by atoms with Crippen molar-refractivity contribution >= 4 is 276 Å². The number of alkyl carbamates (subject to hydrolysis) is 4. The summed E-state index contributed by atoms with van der Waals surface area (Å²) in [5.74, 6) is -4.37. The number of nitrogens with one attached hydrogen (secondary N) is 9. The number of unbranched alkanes of at least 4 members (excludes halogenated alkanes) is 2. The van der Waals surface area contributed by atoms with E-state index >= 15 is 0 Å². The van der Waals surface area contributed by atoms with E-state index in [9.17, 15) is 112 Å². The molecule has 9 amide bonds. The molecule has 0 aliphatic heterocycles. The zero-order valence-corrected chi connectivity index (χ0v) is 97.3. The monoisotopic (exact) mass is 2320 g/mol. The van der Waals surface area contributed by atoms with Crippen molar-refractivity contribution in [2.75, 3.05) is 102 Å². The highest BCUT2D eigenvalue weighted by atomic mass is 33.1. The first-order valence-electron chi connectivity index (χ1n) is 47.9. The minimum atomic E-state index is -1.30. The highest BCUT2D eigenvalue weighted by molar-refractivity contribution is 8.77. The number of ketones is 5. The van der Waals surface area contributed by atoms with Crippen LogP contribution in [0.4, 0.5) is 19.2 Å². The molecule has 0 aromatic rings. The number of rotatable bonds is 69. The molecule has 144 heavy (non-hydrogen) atoms. The summed E-state index contributed by atoms with van der Waals surface area (Å²) in [6.07, 6.45) is 8.92. The summed E-state index contributed by atoms with van der Waals surface area (Å²) in [6, 6.07) is -6.56. The lowest BCUT2D eigenvalue weighted by atomic mass is 9.99. The van der Waals surface area contributed by atoms with Gasteiger partial charge >= 0.3 is 54.2 Å². The van der Waals surface area contributed by atoms with Crippen molar-refractivity contribution in [2.45, 2.75) is 323 Å². The molecule has 15 atom stereocenters. The maximum absolute atomic E-state index is 13.2. The minimum absolute atomic E-state index is 0. The fourth-order valence-electron chi connectivity index (χ4n) is 10.8. The molecule has 0 aromatic carbocycles. The van der Waals surface area contributed by atoms with Crippen LogP contribution in [-0.4, -0.2) is 330 Å². The third kappa shape index (κ3) is 79.2. The lowest BCUT2D eigenvalue weighted by molar-refractivity contribution is -0.141. The Bertz CT molecular complexity index is 3950. The van der Waals surface area contributed by atoms with Crippen molar-refractivity contribution in [1.82, 2.24) is 47.9 Å². The molecule has 0 radical (unpaired) electrons. The van der Waals surface area contributed by atoms with Gasteiger partial charge in [-0.25, -0.2) is 38.4 Å². The van der Waals surface area contributed by atoms with Gasteiger partial charge in [-0.1, -0.05) is 98.9 Å². The van der Waals surface area contributed by atoms with Gasteiger partial charge in [0.25, 0.3) is 0 Å². The van der Waals surface area contributed by atoms with Gasteiger partial charge in [0.15, 0.2) is 11.6 Å². The van der Waals surface area contributed by atoms with Gasteiger partial charge in [0.2, 0.25) is 29.5 Å². The third-order valence-electron chi connectivity index (χ3n) is 18.4. The highest BCUT2D eigenvalue weighted by Crippen LogP contribution is 2.43. The average molecular weight is 2330 g/mol. The summed E-state index contributed by atoms with van der Waals surface area (Å²) in [7, 11) is 12.5. The molecule has 3 fully saturated rings. The second kappa shape index (κ2) is 82.8. The number of carbonyl (C=O) groups excluding carboxylic acids is 14. The maximum atomic E-state index is 13.2. The fourth-order valence-corrected chi connectivity index (χ4v) is 27.0. The van der Waals surface area contributed by atoms with Gasteiger partial charge in [-0.3, -0.25) is 66.1 Å². The van der Waals surface area contributed by atoms with Gasteiger partial charge in [-0.2, -0.15) is 74.7 Å². The predicted molar refractivity (Wildman–Crippen MR) is 602 cm³/mol. The first kappa shape index (κ1) is 137. The first-order valence-corrected chi connectivity index (χ1v) is 61.9. The third-order valence-corrected chi connectivity index (χ3v) is 36.2. The molecular formula is C90H159N11O28P3S12-3. The summed E-state index contributed by atoms with van der Waals surface area (Å²) in [6.45, 7) is 25.2. The standard InChI is InChI=1S/C31H50N4O9P2S4.C27H48N2O7S4.C16H28N2O8S2.C8H18N2S2.C7H11NO4P.CH4/c1-2-3-12-47-25-6-7-26(25)48-13-4-5-24(38)22(34-29(41)10-8-27(39)32-14-20(36)16-45)18-49-50-19-23(31(43)44)35-30(42)11-9-28(40)33-15-21(37)17-46;1-8-9-14-37-21-12-13-22(21)38-15-10-11-20(30)18(28-24(33)35-26(2,3)4)16-39-40-17-19(23(31)32)29-25(34)36-27(5,6)7;1-15(2,3)25-13(23)17-9(11(19)20)7-27-28-8-10(12(21)22)18-14(24)26-16(4,5)6;9-3-5-11-7-1-2-8(7)12-6-4-10;9-5(4-13)3-8-6(10)1-2-7(11)12;/h16-17,22-23,25-26H,2-15,18-19,45-46H2,1H3,(H,32,39)(H,33,40)(H,34,41)(H,35,42)(H,43,44);18-19,21-22H,8-17H2,1-7H3,(H,28,33)(H,29,34)(H,31,32);9-10H,7-8H2,1-6H3,(H,17,23)(H,18,24)(H,19,20)(H,21,22);7-8H,1-6,9-10H2;4H,1-3,13H2,(H,8,10)(H,11,12);1H4/q-2;;;;-1;/i16T,17T;;;;4T;. The van der Waals surface area contributed by atoms with Crippen molar-refractivity contribution in [3.63, 3.8) is 0 Å². The number of thioether (sulfide) groups is 6. The van der Waals surface area contributed by atoms with Gasteiger partial charge < -0.3 is 137 Å². The van der Waals surface area contributed by atoms with Crippen molar-refractivity contribution in [3.8, 4) is 0 Å². The molecule has 3 saturated carbocycles. The molecule has 0 aromatic heterocycles. The molecule has 3 aliphatic rings. The van der Waals surface area contributed by atoms with Crippen LogP contribution >= 0.6 is 163 Å². The molecular weight excluding hydrogens is 2160 g/mol. The number of hydrogen-bond acceptors (Lipinski definition) is 37. The Hall–Kier alpha value is -4.85. The van der Waals surface area contributed by atoms with E-state index in [1.165, 1.54) is 85.1 Å². The second-order valence-electron chi connectivity index (χ2n) is 35.6. The van der Waals surface area contributed by atoms with Crippen LogP contribution in [0, 0.1) is 18.4 Å². The van der Waals surface area contributed by atoms with E-state index in [0.717, 1.165) is 114 Å². The molecule has 0 heterocycles. The number of nitrogens with two attached hydrogens (primary N) is 2. The van der Waals surface area contributed by atoms with Gasteiger partial charge in [0.1, 0.15) is 52.6 Å². The van der Waals surface area contributed by atoms with E-state index in [2.05, 4.69) is 73.5 Å². The van der Waals surface area contributed by atoms with Crippen LogP contribution in [-0.2, 0) is 90.9 Å². The summed E-state index contributed by atoms with van der Waals surface area (Å²) in [5, 5.41) is 71.4. The van der Waals surface area contributed by atoms with E-state index in [-0.39, 0.29) is 137 Å². The largest absolute Gasteiger partial charge is 0.481 e. The normalized spacial score (nSPS) is 17.0. The summed E-state index contributed by atoms with van der Waals surface area (Å²) >= 11 is 12.0. The van der Waals surface area contributed by atoms with E-state index in [1.807, 2.05) is 86.5 Å². The predicted octanol–water partition coefficient (Wildman–Crippen LogP) is 12.4. The number of carbonyl (C=O) groups is 19. The van der Waals surface area contributed by atoms with Crippen LogP contribution < -0.4 is 59.3 Å². The SMILES string of the molecule is C.CC(C)(C)OC(=O)NC(CSSCC(NC(=O)OC(C)(C)C)C(=O)O)C(=O)O.CCCCSC1CCC1SCCCC(=O)C(CSSCC(NC(=O)OC(C)(C)C)C(=O)O)NC(=O)OC(C)(C)C.NCCSC1CCC1SCCN.[3H][C-](P)C(=O)CNC(=O)CCC(=O)NC(CSSCC(NC(=O)CCC(=O)NCC(=O)[C-]([3H])P)C(=O)CCCSC1CCC1SCCCC)C(=O)O.[3H][C-](P)C(=O)CNC(=O)CCC(=O)O. The zero-order chi connectivity index (χ0) is 111. The molecule has 3 aliphatic carbocycles. The molecule has 0 spiro atoms. The van der Waals surface area contributed by atoms with E-state index in [0.29, 0.717) is 28.6 Å². The number of ether oxygens (including phenoxy) is 4. The first-order chi connectivity index (χ1) is 68.2. The van der Waals surface area contributed by atoms with Gasteiger partial charge in [0.05, 0.1) is 12.5 Å². The van der Waals surface area contributed by atoms with Gasteiger partial charge in [0, 0.05) is 173 Å². The van der Waals surface area contributed by atoms with Crippen molar-refractivity contribution in [1.29, 1.82) is 0 Å². The number of carboxylic acid groups (broad SMARTS) is 5. The number of carboxylic acids is 5. The molecule has 15 unspecified atom stereocenters. The van der Waals surface area contributed by atoms with Gasteiger partial charge in [-0.15, -0.1) is 0 Å². The van der Waals surface area contributed by atoms with Crippen molar-refractivity contribution in [2.24, 2.45) is 11.5 Å². The minimum Gasteiger partial charge on any atom is -0.481 e. The summed E-state index contributed by atoms with van der Waals surface area (Å²) in [5.41, 5.74) is 7.92. The second-order valence-corrected chi connectivity index (χ2v) is 52.2. The number of aliphatic carboxylic acids is 5. The summed E-state index contributed by atoms with van der Waals surface area (Å²) in [4.78, 5) is 224. The van der Waals surface area contributed by atoms with Crippen LogP contribution in [0.25, 0.3) is 0 Å². The Labute approximate surface area is 910 Å². The lowest BCUT2D eigenvalue weighted by Crippen LogP contribution is -2.45. The van der Waals surface area contributed by atoms with E-state index < -0.39 is 160 Å². The molecule has 54 heteroatoms. The molecule has 0 bridgehead atoms. The van der Waals surface area contributed by atoms with Crippen LogP contribution in [0.3, 0.4) is 0 Å². The molecule has 3 rings (SSSR count). The fraction of sp³-hybridized carbons (Fsp3) is 0.756. The topological polar surface area (TPSA) is 623 Å². The van der Waals surface area contributed by atoms with E-state index in [1.54, 1.807) is 83.1 Å². The summed E-state index contributed by atoms with van der Waals surface area (Å²) < 4.78 is 41.8. The maximum Gasteiger partial charge on any atom is 0.408 e. The van der Waals surface area contributed by atoms with Crippen molar-refractivity contribution in [3.05, 3.63) is 18.4 Å². The highest BCUT2D eigenvalue weighted by Gasteiger charge is 2.36. The van der Waals surface area contributed by atoms with Gasteiger partial charge in [-0.05, 0) is 170 Å². The number of amides is 9. The zero-order valence-electron chi connectivity index (χ0n) is 87.0. The van der Waals surface area contributed by atoms with Crippen LogP contribution in [0.1, 0.15) is 237 Å². The van der Waals surface area contributed by atoms with Crippen LogP contribution in [0.2, 0.25) is 0 Å². The average Bonchev–Trinajstić information content (AvgIpc) is 0.862. The molecule has 832 valence electrons. The molecule has 39 nitrogen and oxygen atoms in total. The number of hydrogen-bond donors (Lipinski definition) is 16. The van der Waals surface area contributed by atoms with Crippen LogP contribution in [0.15, 0.2) is 0 Å². The van der Waals surface area contributed by atoms with E-state index in [4.69, 9.17) is 39.6 Å². The molecule has 0 saturated heterocycles. The Kier molecular flexibility index (Phi) is 78.9.